The minimum absolute atomic E-state index is 0.0428. The number of pyridine rings is 2. The van der Waals surface area contributed by atoms with Crippen LogP contribution in [-0.4, -0.2) is 15.9 Å². The van der Waals surface area contributed by atoms with Gasteiger partial charge in [-0.1, -0.05) is 6.07 Å². The first-order chi connectivity index (χ1) is 15.0. The molecule has 1 amide bonds. The molecule has 2 heterocycles. The molecule has 2 aliphatic rings. The minimum Gasteiger partial charge on any atom is -0.484 e. The summed E-state index contributed by atoms with van der Waals surface area (Å²) in [6, 6.07) is 13.6. The Morgan fingerprint density at radius 1 is 1.13 bits per heavy atom. The van der Waals surface area contributed by atoms with Crippen LogP contribution in [0.1, 0.15) is 64.8 Å². The fraction of sp³-hybridized carbons (Fsp3) is 0.320. The van der Waals surface area contributed by atoms with Gasteiger partial charge in [-0.25, -0.2) is 4.39 Å². The number of fused-ring (bicyclic) bond motifs is 1. The first-order valence-corrected chi connectivity index (χ1v) is 10.7. The number of nitrogens with one attached hydrogen (secondary N) is 1. The highest BCUT2D eigenvalue weighted by Gasteiger charge is 2.47. The summed E-state index contributed by atoms with van der Waals surface area (Å²) in [6.07, 6.45) is 6.25. The first kappa shape index (κ1) is 19.7. The van der Waals surface area contributed by atoms with Crippen LogP contribution in [0.3, 0.4) is 0 Å². The van der Waals surface area contributed by atoms with Crippen molar-refractivity contribution in [3.8, 4) is 5.75 Å². The number of nitrogens with zero attached hydrogens (tertiary/aromatic N) is 2. The molecule has 31 heavy (non-hydrogen) atoms. The van der Waals surface area contributed by atoms with Crippen molar-refractivity contribution in [2.24, 2.45) is 0 Å². The lowest BCUT2D eigenvalue weighted by Gasteiger charge is -2.27. The number of carbonyl (C=O) groups is 1. The lowest BCUT2D eigenvalue weighted by molar-refractivity contribution is 0.0929. The second kappa shape index (κ2) is 7.76. The number of rotatable bonds is 5. The highest BCUT2D eigenvalue weighted by Crippen LogP contribution is 2.46. The molecule has 0 unspecified atom stereocenters. The van der Waals surface area contributed by atoms with Gasteiger partial charge in [-0.15, -0.1) is 0 Å². The topological polar surface area (TPSA) is 64.1 Å². The summed E-state index contributed by atoms with van der Waals surface area (Å²) in [7, 11) is 0. The van der Waals surface area contributed by atoms with Gasteiger partial charge < -0.3 is 10.1 Å². The molecule has 5 nitrogen and oxygen atoms in total. The van der Waals surface area contributed by atoms with E-state index in [1.807, 2.05) is 25.1 Å². The number of aromatic nitrogens is 2. The maximum Gasteiger partial charge on any atom is 0.252 e. The monoisotopic (exact) mass is 417 g/mol. The Balaban J connectivity index is 1.35. The van der Waals surface area contributed by atoms with Gasteiger partial charge >= 0.3 is 0 Å². The molecule has 0 bridgehead atoms. The largest absolute Gasteiger partial charge is 0.484 e. The van der Waals surface area contributed by atoms with E-state index < -0.39 is 5.54 Å². The van der Waals surface area contributed by atoms with Gasteiger partial charge in [-0.05, 0) is 81.5 Å². The Labute approximate surface area is 180 Å². The van der Waals surface area contributed by atoms with Gasteiger partial charge in [0.15, 0.2) is 0 Å². The number of benzene rings is 1. The van der Waals surface area contributed by atoms with Gasteiger partial charge in [-0.3, -0.25) is 14.8 Å². The summed E-state index contributed by atoms with van der Waals surface area (Å²) in [5.74, 6) is 0.204. The molecule has 5 rings (SSSR count). The number of ether oxygens (including phenoxy) is 1. The van der Waals surface area contributed by atoms with E-state index in [1.54, 1.807) is 6.20 Å². The van der Waals surface area contributed by atoms with E-state index in [4.69, 9.17) is 9.72 Å². The van der Waals surface area contributed by atoms with Crippen molar-refractivity contribution >= 4 is 5.91 Å². The Morgan fingerprint density at radius 3 is 2.65 bits per heavy atom. The summed E-state index contributed by atoms with van der Waals surface area (Å²) in [4.78, 5) is 21.9. The molecule has 0 saturated heterocycles. The molecule has 1 atom stereocenters. The number of aryl methyl sites for hydroxylation is 2. The van der Waals surface area contributed by atoms with E-state index in [0.717, 1.165) is 60.5 Å². The van der Waals surface area contributed by atoms with E-state index in [-0.39, 0.29) is 17.8 Å². The zero-order chi connectivity index (χ0) is 21.4. The Kier molecular flexibility index (Phi) is 4.93. The third-order valence-electron chi connectivity index (χ3n) is 6.10. The second-order valence-electron chi connectivity index (χ2n) is 8.41. The zero-order valence-electron chi connectivity index (χ0n) is 17.4. The van der Waals surface area contributed by atoms with Gasteiger partial charge in [0, 0.05) is 22.5 Å². The van der Waals surface area contributed by atoms with Gasteiger partial charge in [0.25, 0.3) is 5.91 Å². The van der Waals surface area contributed by atoms with E-state index in [1.165, 1.54) is 24.3 Å². The number of hydrogen-bond acceptors (Lipinski definition) is 4. The second-order valence-corrected chi connectivity index (χ2v) is 8.41. The van der Waals surface area contributed by atoms with Gasteiger partial charge in [0.05, 0.1) is 17.4 Å². The smallest absolute Gasteiger partial charge is 0.252 e. The molecule has 0 radical (unpaired) electrons. The van der Waals surface area contributed by atoms with Crippen molar-refractivity contribution in [1.82, 2.24) is 15.3 Å². The normalized spacial score (nSPS) is 18.7. The lowest BCUT2D eigenvalue weighted by Crippen LogP contribution is -2.36. The van der Waals surface area contributed by atoms with Crippen LogP contribution in [0.4, 0.5) is 4.39 Å². The van der Waals surface area contributed by atoms with Crippen LogP contribution in [-0.2, 0) is 12.0 Å². The molecule has 1 fully saturated rings. The summed E-state index contributed by atoms with van der Waals surface area (Å²) >= 11 is 0. The third-order valence-corrected chi connectivity index (χ3v) is 6.10. The van der Waals surface area contributed by atoms with E-state index in [9.17, 15) is 9.18 Å². The van der Waals surface area contributed by atoms with Crippen LogP contribution in [0.25, 0.3) is 0 Å². The molecule has 2 aliphatic carbocycles. The average Bonchev–Trinajstić information content (AvgIpc) is 3.56. The maximum absolute atomic E-state index is 13.2. The van der Waals surface area contributed by atoms with Crippen LogP contribution in [0.2, 0.25) is 0 Å². The quantitative estimate of drug-likeness (QED) is 0.648. The zero-order valence-corrected chi connectivity index (χ0v) is 17.4. The predicted molar refractivity (Wildman–Crippen MR) is 114 cm³/mol. The molecule has 158 valence electrons. The molecule has 2 aromatic heterocycles. The SMILES string of the molecule is Cc1ccc(O[C@@H]2CCCc3nc(C4(NC(=O)c5ccc(F)cc5)CC4)ccc32)cn1. The number of amides is 1. The van der Waals surface area contributed by atoms with Crippen molar-refractivity contribution in [3.05, 3.63) is 88.8 Å². The van der Waals surface area contributed by atoms with E-state index in [2.05, 4.69) is 16.4 Å². The number of carbonyl (C=O) groups excluding carboxylic acids is 1. The van der Waals surface area contributed by atoms with Gasteiger partial charge in [0.2, 0.25) is 0 Å². The van der Waals surface area contributed by atoms with Crippen LogP contribution >= 0.6 is 0 Å². The Hall–Kier alpha value is -3.28. The molecule has 3 aromatic rings. The fourth-order valence-electron chi connectivity index (χ4n) is 4.15. The average molecular weight is 417 g/mol. The summed E-state index contributed by atoms with van der Waals surface area (Å²) in [5, 5.41) is 3.12. The standard InChI is InChI=1S/C25H24FN3O2/c1-16-5-10-19(15-27-16)31-22-4-2-3-21-20(22)11-12-23(28-21)25(13-14-25)29-24(30)17-6-8-18(26)9-7-17/h5-12,15,22H,2-4,13-14H2,1H3,(H,29,30)/t22-/m1/s1. The van der Waals surface area contributed by atoms with Crippen molar-refractivity contribution in [3.63, 3.8) is 0 Å². The predicted octanol–water partition coefficient (Wildman–Crippen LogP) is 4.80. The Morgan fingerprint density at radius 2 is 1.94 bits per heavy atom. The van der Waals surface area contributed by atoms with Crippen molar-refractivity contribution < 1.29 is 13.9 Å². The lowest BCUT2D eigenvalue weighted by atomic mass is 9.92. The molecule has 1 aromatic carbocycles. The third kappa shape index (κ3) is 4.02. The highest BCUT2D eigenvalue weighted by molar-refractivity contribution is 5.95. The first-order valence-electron chi connectivity index (χ1n) is 10.7. The van der Waals surface area contributed by atoms with Crippen LogP contribution in [0, 0.1) is 12.7 Å². The molecule has 6 heteroatoms. The number of hydrogen-bond donors (Lipinski definition) is 1. The van der Waals surface area contributed by atoms with Crippen LogP contribution in [0.15, 0.2) is 54.7 Å². The van der Waals surface area contributed by atoms with Crippen molar-refractivity contribution in [2.45, 2.75) is 50.7 Å². The van der Waals surface area contributed by atoms with E-state index >= 15 is 0 Å². The Bertz CT molecular complexity index is 1110. The maximum atomic E-state index is 13.2. The van der Waals surface area contributed by atoms with Crippen LogP contribution < -0.4 is 10.1 Å². The molecule has 0 spiro atoms. The molecule has 1 N–H and O–H groups in total. The fourth-order valence-corrected chi connectivity index (χ4v) is 4.15. The van der Waals surface area contributed by atoms with Crippen molar-refractivity contribution in [1.29, 1.82) is 0 Å². The molecule has 0 aliphatic heterocycles. The highest BCUT2D eigenvalue weighted by atomic mass is 19.1. The summed E-state index contributed by atoms with van der Waals surface area (Å²) in [6.45, 7) is 1.95. The molecule has 1 saturated carbocycles. The van der Waals surface area contributed by atoms with Gasteiger partial charge in [-0.2, -0.15) is 0 Å². The molecular formula is C25H24FN3O2. The van der Waals surface area contributed by atoms with Crippen molar-refractivity contribution in [2.75, 3.05) is 0 Å². The van der Waals surface area contributed by atoms with Gasteiger partial charge in [0.1, 0.15) is 17.7 Å². The molecular weight excluding hydrogens is 393 g/mol. The van der Waals surface area contributed by atoms with E-state index in [0.29, 0.717) is 5.56 Å². The number of halogens is 1. The summed E-state index contributed by atoms with van der Waals surface area (Å²) < 4.78 is 19.4. The van der Waals surface area contributed by atoms with Crippen LogP contribution in [0.5, 0.6) is 5.75 Å². The summed E-state index contributed by atoms with van der Waals surface area (Å²) in [5.41, 5.74) is 4.01. The minimum atomic E-state index is -0.435.